The van der Waals surface area contributed by atoms with Crippen molar-refractivity contribution in [3.05, 3.63) is 151 Å². The fourth-order valence-corrected chi connectivity index (χ4v) is 8.56. The summed E-state index contributed by atoms with van der Waals surface area (Å²) < 4.78 is 6.03. The molecule has 0 saturated carbocycles. The molecular formula is C30H24ClO2P. The van der Waals surface area contributed by atoms with Crippen LogP contribution in [0.5, 0.6) is 0 Å². The molecule has 0 unspecified atom stereocenters. The highest BCUT2D eigenvalue weighted by atomic mass is 35.5. The molecule has 4 aromatic carbocycles. The van der Waals surface area contributed by atoms with Crippen molar-refractivity contribution in [2.75, 3.05) is 0 Å². The van der Waals surface area contributed by atoms with Crippen LogP contribution in [-0.4, -0.2) is 5.78 Å². The number of benzene rings is 4. The van der Waals surface area contributed by atoms with Crippen molar-refractivity contribution in [2.45, 2.75) is 6.16 Å². The molecule has 0 radical (unpaired) electrons. The molecule has 0 bridgehead atoms. The molecule has 1 heterocycles. The normalized spacial score (nSPS) is 10.9. The fraction of sp³-hybridized carbons (Fsp3) is 0.0333. The van der Waals surface area contributed by atoms with E-state index in [1.165, 1.54) is 15.9 Å². The SMILES string of the molecule is O=C(c1ccccc1)c1ccoc1C[P+](c1ccccc1)(c1ccccc1)c1ccccc1.[Cl-]. The summed E-state index contributed by atoms with van der Waals surface area (Å²) in [4.78, 5) is 13.4. The van der Waals surface area contributed by atoms with E-state index < -0.39 is 7.26 Å². The van der Waals surface area contributed by atoms with E-state index in [2.05, 4.69) is 72.8 Å². The van der Waals surface area contributed by atoms with E-state index in [1.54, 1.807) is 12.3 Å². The van der Waals surface area contributed by atoms with Crippen LogP contribution in [0.2, 0.25) is 0 Å². The molecule has 0 aliphatic rings. The van der Waals surface area contributed by atoms with Crippen molar-refractivity contribution in [1.29, 1.82) is 0 Å². The number of ketones is 1. The minimum atomic E-state index is -2.15. The third kappa shape index (κ3) is 4.48. The van der Waals surface area contributed by atoms with Crippen LogP contribution in [0.1, 0.15) is 21.7 Å². The first-order valence-corrected chi connectivity index (χ1v) is 13.0. The van der Waals surface area contributed by atoms with Crippen molar-refractivity contribution in [3.8, 4) is 0 Å². The summed E-state index contributed by atoms with van der Waals surface area (Å²) >= 11 is 0. The van der Waals surface area contributed by atoms with Gasteiger partial charge in [-0.2, -0.15) is 0 Å². The average Bonchev–Trinajstić information content (AvgIpc) is 3.37. The monoisotopic (exact) mass is 482 g/mol. The van der Waals surface area contributed by atoms with Gasteiger partial charge in [-0.25, -0.2) is 0 Å². The summed E-state index contributed by atoms with van der Waals surface area (Å²) in [6.45, 7) is 0. The average molecular weight is 483 g/mol. The maximum Gasteiger partial charge on any atom is 0.196 e. The summed E-state index contributed by atoms with van der Waals surface area (Å²) in [5.74, 6) is 0.723. The molecule has 0 amide bonds. The number of rotatable bonds is 7. The van der Waals surface area contributed by atoms with E-state index in [0.717, 1.165) is 5.76 Å². The lowest BCUT2D eigenvalue weighted by Gasteiger charge is -2.27. The first-order valence-electron chi connectivity index (χ1n) is 11.0. The van der Waals surface area contributed by atoms with Gasteiger partial charge in [0.05, 0.1) is 11.8 Å². The van der Waals surface area contributed by atoms with Crippen molar-refractivity contribution >= 4 is 29.0 Å². The highest BCUT2D eigenvalue weighted by molar-refractivity contribution is 7.95. The smallest absolute Gasteiger partial charge is 0.196 e. The maximum atomic E-state index is 13.4. The Balaban J connectivity index is 0.00000274. The zero-order valence-electron chi connectivity index (χ0n) is 18.6. The van der Waals surface area contributed by atoms with Crippen molar-refractivity contribution in [3.63, 3.8) is 0 Å². The summed E-state index contributed by atoms with van der Waals surface area (Å²) in [5.41, 5.74) is 1.30. The molecule has 0 N–H and O–H groups in total. The van der Waals surface area contributed by atoms with Crippen LogP contribution < -0.4 is 28.3 Å². The Morgan fingerprint density at radius 3 is 1.44 bits per heavy atom. The zero-order chi connectivity index (χ0) is 22.5. The second-order valence-corrected chi connectivity index (χ2v) is 11.4. The Bertz CT molecular complexity index is 1240. The molecule has 0 fully saturated rings. The largest absolute Gasteiger partial charge is 1.00 e. The molecular weight excluding hydrogens is 459 g/mol. The van der Waals surface area contributed by atoms with Gasteiger partial charge < -0.3 is 16.8 Å². The van der Waals surface area contributed by atoms with Crippen LogP contribution in [0.3, 0.4) is 0 Å². The van der Waals surface area contributed by atoms with Gasteiger partial charge >= 0.3 is 0 Å². The molecule has 4 heteroatoms. The number of furan rings is 1. The van der Waals surface area contributed by atoms with E-state index >= 15 is 0 Å². The molecule has 5 rings (SSSR count). The van der Waals surface area contributed by atoms with Gasteiger partial charge in [0.2, 0.25) is 0 Å². The van der Waals surface area contributed by atoms with Crippen LogP contribution >= 0.6 is 7.26 Å². The van der Waals surface area contributed by atoms with E-state index in [9.17, 15) is 4.79 Å². The third-order valence-electron chi connectivity index (χ3n) is 6.00. The van der Waals surface area contributed by atoms with Crippen LogP contribution in [0.25, 0.3) is 0 Å². The highest BCUT2D eigenvalue weighted by Gasteiger charge is 2.47. The van der Waals surface area contributed by atoms with Crippen LogP contribution in [0.15, 0.2) is 138 Å². The Labute approximate surface area is 207 Å². The van der Waals surface area contributed by atoms with Gasteiger partial charge in [-0.1, -0.05) is 84.9 Å². The predicted octanol–water partition coefficient (Wildman–Crippen LogP) is 3.01. The van der Waals surface area contributed by atoms with Gasteiger partial charge in [-0.05, 0) is 42.5 Å². The number of hydrogen-bond acceptors (Lipinski definition) is 2. The van der Waals surface area contributed by atoms with E-state index in [-0.39, 0.29) is 18.2 Å². The van der Waals surface area contributed by atoms with Gasteiger partial charge in [0.15, 0.2) is 11.5 Å². The zero-order valence-corrected chi connectivity index (χ0v) is 20.2. The van der Waals surface area contributed by atoms with E-state index in [1.807, 2.05) is 48.5 Å². The molecule has 0 atom stereocenters. The minimum Gasteiger partial charge on any atom is -1.00 e. The number of halogens is 1. The van der Waals surface area contributed by atoms with Gasteiger partial charge in [-0.15, -0.1) is 0 Å². The Morgan fingerprint density at radius 1 is 0.588 bits per heavy atom. The Hall–Kier alpha value is -3.45. The maximum absolute atomic E-state index is 13.4. The van der Waals surface area contributed by atoms with Crippen molar-refractivity contribution < 1.29 is 21.6 Å². The molecule has 5 aromatic rings. The first-order chi connectivity index (χ1) is 16.3. The Kier molecular flexibility index (Phi) is 7.43. The topological polar surface area (TPSA) is 30.2 Å². The predicted molar refractivity (Wildman–Crippen MR) is 137 cm³/mol. The summed E-state index contributed by atoms with van der Waals surface area (Å²) in [7, 11) is -2.15. The third-order valence-corrected chi connectivity index (χ3v) is 10.3. The molecule has 2 nitrogen and oxygen atoms in total. The lowest BCUT2D eigenvalue weighted by Crippen LogP contribution is -3.00. The number of carbonyl (C=O) groups is 1. The first kappa shape index (κ1) is 23.7. The van der Waals surface area contributed by atoms with Crippen molar-refractivity contribution in [2.24, 2.45) is 0 Å². The highest BCUT2D eigenvalue weighted by Crippen LogP contribution is 2.58. The second-order valence-electron chi connectivity index (χ2n) is 7.93. The lowest BCUT2D eigenvalue weighted by molar-refractivity contribution is -0.0000143. The summed E-state index contributed by atoms with van der Waals surface area (Å²) in [6, 6.07) is 43.1. The number of hydrogen-bond donors (Lipinski definition) is 0. The molecule has 34 heavy (non-hydrogen) atoms. The molecule has 0 saturated heterocycles. The second kappa shape index (κ2) is 10.7. The molecule has 0 aliphatic carbocycles. The van der Waals surface area contributed by atoms with Gasteiger partial charge in [0.1, 0.15) is 29.3 Å². The quantitative estimate of drug-likeness (QED) is 0.264. The van der Waals surface area contributed by atoms with Crippen LogP contribution in [0, 0.1) is 0 Å². The van der Waals surface area contributed by atoms with Crippen LogP contribution in [-0.2, 0) is 6.16 Å². The van der Waals surface area contributed by atoms with Gasteiger partial charge in [0.25, 0.3) is 0 Å². The number of carbonyl (C=O) groups excluding carboxylic acids is 1. The minimum absolute atomic E-state index is 0. The van der Waals surface area contributed by atoms with Crippen LogP contribution in [0.4, 0.5) is 0 Å². The summed E-state index contributed by atoms with van der Waals surface area (Å²) in [5, 5.41) is 3.78. The Morgan fingerprint density at radius 2 is 1.00 bits per heavy atom. The summed E-state index contributed by atoms with van der Waals surface area (Å²) in [6.07, 6.45) is 2.27. The molecule has 0 spiro atoms. The lowest BCUT2D eigenvalue weighted by atomic mass is 10.0. The van der Waals surface area contributed by atoms with Gasteiger partial charge in [-0.3, -0.25) is 4.79 Å². The van der Waals surface area contributed by atoms with Crippen molar-refractivity contribution in [1.82, 2.24) is 0 Å². The molecule has 0 aliphatic heterocycles. The molecule has 1 aromatic heterocycles. The fourth-order valence-electron chi connectivity index (χ4n) is 4.39. The molecule has 168 valence electrons. The van der Waals surface area contributed by atoms with E-state index in [4.69, 9.17) is 4.42 Å². The standard InChI is InChI=1S/C30H24O2P.ClH/c31-30(24-13-5-1-6-14-24)28-21-22-32-29(28)23-33(25-15-7-2-8-16-25,26-17-9-3-10-18-26)27-19-11-4-12-20-27;/h1-22H,23H2;1H/q+1;/p-1. The van der Waals surface area contributed by atoms with E-state index in [0.29, 0.717) is 17.3 Å². The van der Waals surface area contributed by atoms with Gasteiger partial charge in [0, 0.05) is 5.56 Å².